The Kier molecular flexibility index (Phi) is 7.59. The molecule has 0 aromatic carbocycles. The largest absolute Gasteiger partial charge is 0.354 e. The quantitative estimate of drug-likeness (QED) is 0.669. The molecule has 0 bridgehead atoms. The zero-order valence-electron chi connectivity index (χ0n) is 11.6. The summed E-state index contributed by atoms with van der Waals surface area (Å²) in [5.41, 5.74) is 0.187. The van der Waals surface area contributed by atoms with Crippen LogP contribution in [0.3, 0.4) is 0 Å². The van der Waals surface area contributed by atoms with E-state index in [4.69, 9.17) is 0 Å². The lowest BCUT2D eigenvalue weighted by Gasteiger charge is -2.17. The number of amides is 2. The van der Waals surface area contributed by atoms with Gasteiger partial charge < -0.3 is 10.6 Å². The molecule has 0 saturated heterocycles. The predicted molar refractivity (Wildman–Crippen MR) is 69.6 cm³/mol. The van der Waals surface area contributed by atoms with Gasteiger partial charge in [0.2, 0.25) is 11.8 Å². The minimum Gasteiger partial charge on any atom is -0.354 e. The summed E-state index contributed by atoms with van der Waals surface area (Å²) < 4.78 is 0. The Labute approximate surface area is 105 Å². The third-order valence-corrected chi connectivity index (χ3v) is 2.35. The van der Waals surface area contributed by atoms with Crippen molar-refractivity contribution in [3.8, 4) is 0 Å². The fourth-order valence-corrected chi connectivity index (χ4v) is 1.30. The Morgan fingerprint density at radius 2 is 1.41 bits per heavy atom. The minimum atomic E-state index is 0.0523. The van der Waals surface area contributed by atoms with E-state index < -0.39 is 0 Å². The third kappa shape index (κ3) is 11.2. The van der Waals surface area contributed by atoms with Crippen LogP contribution in [0.5, 0.6) is 0 Å². The zero-order valence-corrected chi connectivity index (χ0v) is 11.6. The molecule has 0 fully saturated rings. The van der Waals surface area contributed by atoms with Crippen molar-refractivity contribution >= 4 is 11.8 Å². The zero-order chi connectivity index (χ0) is 13.3. The van der Waals surface area contributed by atoms with Gasteiger partial charge in [-0.25, -0.2) is 0 Å². The van der Waals surface area contributed by atoms with E-state index in [-0.39, 0.29) is 17.2 Å². The number of hydrogen-bond acceptors (Lipinski definition) is 2. The van der Waals surface area contributed by atoms with Gasteiger partial charge in [-0.1, -0.05) is 27.7 Å². The lowest BCUT2D eigenvalue weighted by molar-refractivity contribution is -0.123. The molecular formula is C13H26N2O2. The standard InChI is InChI=1S/C13H26N2O2/c1-5-6-11(16)14-9-10-15-12(17)7-8-13(2,3)4/h5-10H2,1-4H3,(H,14,16)(H,15,17). The van der Waals surface area contributed by atoms with Crippen LogP contribution in [0.4, 0.5) is 0 Å². The molecule has 0 aliphatic heterocycles. The first kappa shape index (κ1) is 15.9. The third-order valence-electron chi connectivity index (χ3n) is 2.35. The van der Waals surface area contributed by atoms with Gasteiger partial charge in [0.05, 0.1) is 0 Å². The molecule has 0 atom stereocenters. The number of rotatable bonds is 7. The smallest absolute Gasteiger partial charge is 0.220 e. The fraction of sp³-hybridized carbons (Fsp3) is 0.846. The molecule has 0 heterocycles. The van der Waals surface area contributed by atoms with Gasteiger partial charge in [0.25, 0.3) is 0 Å². The van der Waals surface area contributed by atoms with Gasteiger partial charge in [-0.3, -0.25) is 9.59 Å². The highest BCUT2D eigenvalue weighted by Gasteiger charge is 2.12. The Bertz CT molecular complexity index is 244. The molecule has 100 valence electrons. The molecule has 0 rings (SSSR count). The summed E-state index contributed by atoms with van der Waals surface area (Å²) >= 11 is 0. The molecule has 4 nitrogen and oxygen atoms in total. The molecule has 0 aromatic rings. The Hall–Kier alpha value is -1.06. The summed E-state index contributed by atoms with van der Waals surface area (Å²) in [6.45, 7) is 9.34. The van der Waals surface area contributed by atoms with Crippen LogP contribution in [0.2, 0.25) is 0 Å². The summed E-state index contributed by atoms with van der Waals surface area (Å²) in [4.78, 5) is 22.6. The maximum atomic E-state index is 11.4. The van der Waals surface area contributed by atoms with E-state index in [2.05, 4.69) is 31.4 Å². The van der Waals surface area contributed by atoms with Crippen molar-refractivity contribution in [2.24, 2.45) is 5.41 Å². The van der Waals surface area contributed by atoms with Crippen LogP contribution >= 0.6 is 0 Å². The molecule has 4 heteroatoms. The molecule has 0 aliphatic carbocycles. The highest BCUT2D eigenvalue weighted by molar-refractivity contribution is 5.77. The van der Waals surface area contributed by atoms with Gasteiger partial charge in [0.15, 0.2) is 0 Å². The second-order valence-corrected chi connectivity index (χ2v) is 5.51. The highest BCUT2D eigenvalue weighted by Crippen LogP contribution is 2.19. The van der Waals surface area contributed by atoms with Crippen molar-refractivity contribution in [1.29, 1.82) is 0 Å². The maximum Gasteiger partial charge on any atom is 0.220 e. The first-order valence-electron chi connectivity index (χ1n) is 6.38. The topological polar surface area (TPSA) is 58.2 Å². The molecule has 2 amide bonds. The van der Waals surface area contributed by atoms with Crippen molar-refractivity contribution in [3.05, 3.63) is 0 Å². The molecule has 2 N–H and O–H groups in total. The van der Waals surface area contributed by atoms with Gasteiger partial charge in [-0.15, -0.1) is 0 Å². The van der Waals surface area contributed by atoms with E-state index in [0.717, 1.165) is 12.8 Å². The number of hydrogen-bond donors (Lipinski definition) is 2. The van der Waals surface area contributed by atoms with E-state index >= 15 is 0 Å². The van der Waals surface area contributed by atoms with Gasteiger partial charge in [-0.05, 0) is 18.3 Å². The lowest BCUT2D eigenvalue weighted by atomic mass is 9.90. The Balaban J connectivity index is 3.49. The summed E-state index contributed by atoms with van der Waals surface area (Å²) in [7, 11) is 0. The number of nitrogens with one attached hydrogen (secondary N) is 2. The summed E-state index contributed by atoms with van der Waals surface area (Å²) in [6, 6.07) is 0. The van der Waals surface area contributed by atoms with Crippen molar-refractivity contribution in [3.63, 3.8) is 0 Å². The molecule has 0 radical (unpaired) electrons. The van der Waals surface area contributed by atoms with Crippen molar-refractivity contribution < 1.29 is 9.59 Å². The van der Waals surface area contributed by atoms with E-state index in [1.165, 1.54) is 0 Å². The summed E-state index contributed by atoms with van der Waals surface area (Å²) in [5.74, 6) is 0.112. The van der Waals surface area contributed by atoms with Gasteiger partial charge in [-0.2, -0.15) is 0 Å². The Morgan fingerprint density at radius 1 is 0.941 bits per heavy atom. The highest BCUT2D eigenvalue weighted by atomic mass is 16.2. The van der Waals surface area contributed by atoms with Crippen LogP contribution in [-0.2, 0) is 9.59 Å². The van der Waals surface area contributed by atoms with E-state index in [1.807, 2.05) is 6.92 Å². The second kappa shape index (κ2) is 8.09. The van der Waals surface area contributed by atoms with Crippen LogP contribution in [0, 0.1) is 5.41 Å². The fourth-order valence-electron chi connectivity index (χ4n) is 1.30. The summed E-state index contributed by atoms with van der Waals surface area (Å²) in [6.07, 6.45) is 2.83. The number of carbonyl (C=O) groups is 2. The monoisotopic (exact) mass is 242 g/mol. The molecular weight excluding hydrogens is 216 g/mol. The lowest BCUT2D eigenvalue weighted by Crippen LogP contribution is -2.34. The van der Waals surface area contributed by atoms with Gasteiger partial charge in [0.1, 0.15) is 0 Å². The van der Waals surface area contributed by atoms with Crippen LogP contribution in [-0.4, -0.2) is 24.9 Å². The van der Waals surface area contributed by atoms with Gasteiger partial charge >= 0.3 is 0 Å². The van der Waals surface area contributed by atoms with Crippen molar-refractivity contribution in [2.45, 2.75) is 53.4 Å². The average molecular weight is 242 g/mol. The molecule has 0 aliphatic rings. The maximum absolute atomic E-state index is 11.4. The molecule has 0 aromatic heterocycles. The normalized spacial score (nSPS) is 11.1. The molecule has 0 unspecified atom stereocenters. The van der Waals surface area contributed by atoms with Crippen LogP contribution < -0.4 is 10.6 Å². The number of carbonyl (C=O) groups excluding carboxylic acids is 2. The summed E-state index contributed by atoms with van der Waals surface area (Å²) in [5, 5.41) is 5.56. The SMILES string of the molecule is CCCC(=O)NCCNC(=O)CCC(C)(C)C. The molecule has 17 heavy (non-hydrogen) atoms. The van der Waals surface area contributed by atoms with E-state index in [0.29, 0.717) is 25.9 Å². The van der Waals surface area contributed by atoms with Gasteiger partial charge in [0, 0.05) is 25.9 Å². The van der Waals surface area contributed by atoms with Crippen LogP contribution in [0.15, 0.2) is 0 Å². The molecule has 0 spiro atoms. The predicted octanol–water partition coefficient (Wildman–Crippen LogP) is 1.85. The van der Waals surface area contributed by atoms with E-state index in [9.17, 15) is 9.59 Å². The minimum absolute atomic E-state index is 0.0523. The van der Waals surface area contributed by atoms with Crippen LogP contribution in [0.1, 0.15) is 53.4 Å². The second-order valence-electron chi connectivity index (χ2n) is 5.51. The molecule has 0 saturated carbocycles. The van der Waals surface area contributed by atoms with Crippen molar-refractivity contribution in [1.82, 2.24) is 10.6 Å². The van der Waals surface area contributed by atoms with E-state index in [1.54, 1.807) is 0 Å². The first-order valence-corrected chi connectivity index (χ1v) is 6.38. The average Bonchev–Trinajstić information content (AvgIpc) is 2.21. The van der Waals surface area contributed by atoms with Crippen LogP contribution in [0.25, 0.3) is 0 Å². The first-order chi connectivity index (χ1) is 7.85. The van der Waals surface area contributed by atoms with Crippen molar-refractivity contribution in [2.75, 3.05) is 13.1 Å². The Morgan fingerprint density at radius 3 is 1.82 bits per heavy atom.